The number of carbonyl (C=O) groups is 1. The van der Waals surface area contributed by atoms with Gasteiger partial charge in [-0.05, 0) is 67.1 Å². The third-order valence-corrected chi connectivity index (χ3v) is 5.13. The van der Waals surface area contributed by atoms with Gasteiger partial charge in [0.05, 0.1) is 11.7 Å². The van der Waals surface area contributed by atoms with Gasteiger partial charge in [-0.2, -0.15) is 0 Å². The van der Waals surface area contributed by atoms with Crippen molar-refractivity contribution in [2.75, 3.05) is 0 Å². The summed E-state index contributed by atoms with van der Waals surface area (Å²) in [6, 6.07) is 11.6. The van der Waals surface area contributed by atoms with E-state index in [0.29, 0.717) is 5.39 Å². The average Bonchev–Trinajstić information content (AvgIpc) is 3.21. The summed E-state index contributed by atoms with van der Waals surface area (Å²) < 4.78 is 5.88. The topological polar surface area (TPSA) is 82.6 Å². The maximum atomic E-state index is 11.4. The van der Waals surface area contributed by atoms with Gasteiger partial charge < -0.3 is 19.9 Å². The number of ether oxygens (including phenoxy) is 1. The largest absolute Gasteiger partial charge is 0.488 e. The highest BCUT2D eigenvalue weighted by atomic mass is 16.5. The molecule has 1 saturated carbocycles. The molecule has 3 aromatic rings. The fourth-order valence-electron chi connectivity index (χ4n) is 3.70. The summed E-state index contributed by atoms with van der Waals surface area (Å²) in [5.41, 5.74) is 4.15. The van der Waals surface area contributed by atoms with Gasteiger partial charge in [0.15, 0.2) is 0 Å². The summed E-state index contributed by atoms with van der Waals surface area (Å²) in [6.07, 6.45) is 3.68. The molecule has 1 heterocycles. The van der Waals surface area contributed by atoms with Crippen LogP contribution in [0.15, 0.2) is 42.6 Å². The van der Waals surface area contributed by atoms with Crippen molar-refractivity contribution < 1.29 is 19.7 Å². The average molecular weight is 351 g/mol. The van der Waals surface area contributed by atoms with E-state index in [1.807, 2.05) is 43.3 Å². The number of aliphatic hydroxyl groups is 1. The summed E-state index contributed by atoms with van der Waals surface area (Å²) in [5.74, 6) is -0.198. The summed E-state index contributed by atoms with van der Waals surface area (Å²) in [4.78, 5) is 14.4. The van der Waals surface area contributed by atoms with Crippen LogP contribution in [0.25, 0.3) is 22.0 Å². The molecule has 0 spiro atoms. The number of aromatic amines is 1. The lowest BCUT2D eigenvalue weighted by Crippen LogP contribution is -2.25. The van der Waals surface area contributed by atoms with Crippen LogP contribution >= 0.6 is 0 Å². The normalized spacial score (nSPS) is 19.8. The fraction of sp³-hybridized carbons (Fsp3) is 0.286. The van der Waals surface area contributed by atoms with Crippen LogP contribution in [-0.2, 0) is 0 Å². The van der Waals surface area contributed by atoms with Gasteiger partial charge in [0, 0.05) is 17.1 Å². The van der Waals surface area contributed by atoms with E-state index in [-0.39, 0.29) is 17.8 Å². The lowest BCUT2D eigenvalue weighted by atomic mass is 9.97. The molecule has 4 rings (SSSR count). The van der Waals surface area contributed by atoms with Crippen molar-refractivity contribution in [3.05, 3.63) is 53.7 Å². The number of benzene rings is 2. The number of carboxylic acids is 1. The number of aromatic nitrogens is 1. The first kappa shape index (κ1) is 16.7. The number of aryl methyl sites for hydroxylation is 1. The molecule has 1 aromatic heterocycles. The predicted octanol–water partition coefficient (Wildman–Crippen LogP) is 4.13. The smallest absolute Gasteiger partial charge is 0.337 e. The lowest BCUT2D eigenvalue weighted by Gasteiger charge is -2.17. The van der Waals surface area contributed by atoms with Crippen molar-refractivity contribution in [1.29, 1.82) is 0 Å². The Hall–Kier alpha value is -2.79. The maximum Gasteiger partial charge on any atom is 0.337 e. The Morgan fingerprint density at radius 3 is 2.62 bits per heavy atom. The van der Waals surface area contributed by atoms with Gasteiger partial charge in [0.2, 0.25) is 0 Å². The molecule has 1 fully saturated rings. The second kappa shape index (κ2) is 6.50. The molecular weight excluding hydrogens is 330 g/mol. The molecule has 1 aliphatic carbocycles. The minimum Gasteiger partial charge on any atom is -0.488 e. The van der Waals surface area contributed by atoms with E-state index in [2.05, 4.69) is 4.98 Å². The number of aromatic carboxylic acids is 1. The van der Waals surface area contributed by atoms with Crippen LogP contribution in [0.4, 0.5) is 0 Å². The quantitative estimate of drug-likeness (QED) is 0.660. The zero-order valence-corrected chi connectivity index (χ0v) is 14.5. The second-order valence-electron chi connectivity index (χ2n) is 6.90. The third-order valence-electron chi connectivity index (χ3n) is 5.13. The van der Waals surface area contributed by atoms with Gasteiger partial charge in [-0.3, -0.25) is 0 Å². The Balaban J connectivity index is 1.65. The summed E-state index contributed by atoms with van der Waals surface area (Å²) >= 11 is 0. The number of aliphatic hydroxyl groups excluding tert-OH is 1. The van der Waals surface area contributed by atoms with Gasteiger partial charge in [0.1, 0.15) is 11.9 Å². The molecule has 5 nitrogen and oxygen atoms in total. The minimum absolute atomic E-state index is 0.128. The molecular formula is C21H21NO4. The summed E-state index contributed by atoms with van der Waals surface area (Å²) in [6.45, 7) is 2.01. The van der Waals surface area contributed by atoms with Crippen molar-refractivity contribution in [2.24, 2.45) is 0 Å². The number of carboxylic acid groups (broad SMARTS) is 1. The minimum atomic E-state index is -0.940. The standard InChI is InChI=1S/C21H21NO4/c1-12-9-18-16(17(11-22-18)21(24)25)10-15(12)13-5-7-14(8-6-13)26-20-4-2-3-19(20)23/h5-11,19-20,22-23H,2-4H2,1H3,(H,24,25)/t19-,20-/m1/s1. The number of fused-ring (bicyclic) bond motifs is 1. The maximum absolute atomic E-state index is 11.4. The third kappa shape index (κ3) is 2.95. The monoisotopic (exact) mass is 351 g/mol. The number of rotatable bonds is 4. The van der Waals surface area contributed by atoms with Crippen LogP contribution in [0, 0.1) is 6.92 Å². The van der Waals surface area contributed by atoms with Gasteiger partial charge in [-0.1, -0.05) is 12.1 Å². The Labute approximate surface area is 151 Å². The highest BCUT2D eigenvalue weighted by molar-refractivity contribution is 6.04. The SMILES string of the molecule is Cc1cc2[nH]cc(C(=O)O)c2cc1-c1ccc(O[C@@H]2CCC[C@H]2O)cc1. The van der Waals surface area contributed by atoms with Crippen LogP contribution in [0.2, 0.25) is 0 Å². The molecule has 134 valence electrons. The number of hydrogen-bond acceptors (Lipinski definition) is 3. The van der Waals surface area contributed by atoms with E-state index < -0.39 is 5.97 Å². The molecule has 2 atom stereocenters. The van der Waals surface area contributed by atoms with Crippen molar-refractivity contribution in [2.45, 2.75) is 38.4 Å². The number of hydrogen-bond donors (Lipinski definition) is 3. The summed E-state index contributed by atoms with van der Waals surface area (Å²) in [5, 5.41) is 19.9. The molecule has 0 unspecified atom stereocenters. The second-order valence-corrected chi connectivity index (χ2v) is 6.90. The number of H-pyrrole nitrogens is 1. The van der Waals surface area contributed by atoms with E-state index in [4.69, 9.17) is 4.74 Å². The van der Waals surface area contributed by atoms with Crippen LogP contribution in [-0.4, -0.2) is 33.4 Å². The molecule has 0 saturated heterocycles. The van der Waals surface area contributed by atoms with Crippen molar-refractivity contribution in [3.8, 4) is 16.9 Å². The van der Waals surface area contributed by atoms with Crippen LogP contribution < -0.4 is 4.74 Å². The van der Waals surface area contributed by atoms with Crippen molar-refractivity contribution in [1.82, 2.24) is 4.98 Å². The Bertz CT molecular complexity index is 958. The molecule has 1 aliphatic rings. The Morgan fingerprint density at radius 1 is 1.19 bits per heavy atom. The first-order valence-electron chi connectivity index (χ1n) is 8.83. The van der Waals surface area contributed by atoms with Crippen LogP contribution in [0.5, 0.6) is 5.75 Å². The highest BCUT2D eigenvalue weighted by Crippen LogP contribution is 2.32. The van der Waals surface area contributed by atoms with Gasteiger partial charge in [-0.15, -0.1) is 0 Å². The van der Waals surface area contributed by atoms with Crippen LogP contribution in [0.3, 0.4) is 0 Å². The van der Waals surface area contributed by atoms with E-state index in [9.17, 15) is 15.0 Å². The van der Waals surface area contributed by atoms with Gasteiger partial charge in [-0.25, -0.2) is 4.79 Å². The predicted molar refractivity (Wildman–Crippen MR) is 99.7 cm³/mol. The van der Waals surface area contributed by atoms with Gasteiger partial charge in [0.25, 0.3) is 0 Å². The van der Waals surface area contributed by atoms with E-state index >= 15 is 0 Å². The molecule has 0 radical (unpaired) electrons. The highest BCUT2D eigenvalue weighted by Gasteiger charge is 2.26. The number of nitrogens with one attached hydrogen (secondary N) is 1. The van der Waals surface area contributed by atoms with Crippen molar-refractivity contribution in [3.63, 3.8) is 0 Å². The van der Waals surface area contributed by atoms with E-state index in [1.54, 1.807) is 0 Å². The zero-order valence-electron chi connectivity index (χ0n) is 14.5. The van der Waals surface area contributed by atoms with E-state index in [1.165, 1.54) is 6.20 Å². The van der Waals surface area contributed by atoms with Gasteiger partial charge >= 0.3 is 5.97 Å². The Kier molecular flexibility index (Phi) is 4.17. The molecule has 2 aromatic carbocycles. The van der Waals surface area contributed by atoms with Crippen molar-refractivity contribution >= 4 is 16.9 Å². The molecule has 5 heteroatoms. The fourth-order valence-corrected chi connectivity index (χ4v) is 3.70. The summed E-state index contributed by atoms with van der Waals surface area (Å²) in [7, 11) is 0. The molecule has 0 aliphatic heterocycles. The molecule has 26 heavy (non-hydrogen) atoms. The van der Waals surface area contributed by atoms with Crippen LogP contribution in [0.1, 0.15) is 35.2 Å². The first-order valence-corrected chi connectivity index (χ1v) is 8.83. The molecule has 0 amide bonds. The molecule has 0 bridgehead atoms. The molecule has 3 N–H and O–H groups in total. The first-order chi connectivity index (χ1) is 12.5. The Morgan fingerprint density at radius 2 is 1.96 bits per heavy atom. The van der Waals surface area contributed by atoms with E-state index in [0.717, 1.165) is 47.2 Å². The zero-order chi connectivity index (χ0) is 18.3. The lowest BCUT2D eigenvalue weighted by molar-refractivity contribution is 0.0604.